The zero-order chi connectivity index (χ0) is 12.3. The molecule has 2 rings (SSSR count). The maximum atomic E-state index is 11.9. The van der Waals surface area contributed by atoms with Crippen molar-refractivity contribution in [1.29, 1.82) is 0 Å². The van der Waals surface area contributed by atoms with Crippen LogP contribution >= 0.6 is 0 Å². The standard InChI is InChI=1S/C13H15N3O/c1-9-3-10(2)5-11(4-9)13(17)15-7-12-6-14-8-16-12/h3-6,8H,7H2,1-2H3,(H,14,16)(H,15,17). The first kappa shape index (κ1) is 11.4. The van der Waals surface area contributed by atoms with Crippen molar-refractivity contribution in [2.75, 3.05) is 0 Å². The lowest BCUT2D eigenvalue weighted by molar-refractivity contribution is 0.0950. The third-order valence-corrected chi connectivity index (χ3v) is 2.48. The lowest BCUT2D eigenvalue weighted by Gasteiger charge is -2.06. The maximum Gasteiger partial charge on any atom is 0.251 e. The van der Waals surface area contributed by atoms with Crippen LogP contribution in [0.5, 0.6) is 0 Å². The molecular weight excluding hydrogens is 214 g/mol. The number of amides is 1. The molecule has 17 heavy (non-hydrogen) atoms. The predicted molar refractivity (Wildman–Crippen MR) is 65.7 cm³/mol. The third-order valence-electron chi connectivity index (χ3n) is 2.48. The summed E-state index contributed by atoms with van der Waals surface area (Å²) < 4.78 is 0. The van der Waals surface area contributed by atoms with Crippen molar-refractivity contribution in [2.45, 2.75) is 20.4 Å². The van der Waals surface area contributed by atoms with Crippen molar-refractivity contribution in [2.24, 2.45) is 0 Å². The van der Waals surface area contributed by atoms with Gasteiger partial charge in [0.1, 0.15) is 0 Å². The van der Waals surface area contributed by atoms with E-state index in [1.54, 1.807) is 12.5 Å². The minimum Gasteiger partial charge on any atom is -0.347 e. The molecule has 4 heteroatoms. The smallest absolute Gasteiger partial charge is 0.251 e. The molecule has 0 unspecified atom stereocenters. The van der Waals surface area contributed by atoms with Crippen molar-refractivity contribution in [1.82, 2.24) is 15.3 Å². The summed E-state index contributed by atoms with van der Waals surface area (Å²) in [6.07, 6.45) is 3.29. The number of hydrogen-bond acceptors (Lipinski definition) is 2. The second-order valence-electron chi connectivity index (χ2n) is 4.14. The normalized spacial score (nSPS) is 10.2. The van der Waals surface area contributed by atoms with E-state index in [-0.39, 0.29) is 5.91 Å². The molecular formula is C13H15N3O. The Morgan fingerprint density at radius 1 is 1.29 bits per heavy atom. The van der Waals surface area contributed by atoms with Crippen LogP contribution in [0, 0.1) is 13.8 Å². The van der Waals surface area contributed by atoms with Gasteiger partial charge < -0.3 is 10.3 Å². The van der Waals surface area contributed by atoms with Crippen LogP contribution in [0.4, 0.5) is 0 Å². The van der Waals surface area contributed by atoms with E-state index in [4.69, 9.17) is 0 Å². The van der Waals surface area contributed by atoms with Gasteiger partial charge in [0.2, 0.25) is 0 Å². The lowest BCUT2D eigenvalue weighted by atomic mass is 10.1. The summed E-state index contributed by atoms with van der Waals surface area (Å²) in [5.74, 6) is -0.0635. The van der Waals surface area contributed by atoms with Gasteiger partial charge in [0.25, 0.3) is 5.91 Å². The zero-order valence-electron chi connectivity index (χ0n) is 9.95. The fourth-order valence-electron chi connectivity index (χ4n) is 1.76. The van der Waals surface area contributed by atoms with Crippen molar-refractivity contribution in [3.63, 3.8) is 0 Å². The number of carbonyl (C=O) groups excluding carboxylic acids is 1. The minimum atomic E-state index is -0.0635. The van der Waals surface area contributed by atoms with Crippen LogP contribution in [-0.4, -0.2) is 15.9 Å². The largest absolute Gasteiger partial charge is 0.347 e. The summed E-state index contributed by atoms with van der Waals surface area (Å²) in [6, 6.07) is 5.82. The predicted octanol–water partition coefficient (Wildman–Crippen LogP) is 1.96. The summed E-state index contributed by atoms with van der Waals surface area (Å²) in [6.45, 7) is 4.43. The molecule has 1 amide bonds. The van der Waals surface area contributed by atoms with Crippen LogP contribution < -0.4 is 5.32 Å². The number of H-pyrrole nitrogens is 1. The molecule has 0 aliphatic heterocycles. The van der Waals surface area contributed by atoms with E-state index >= 15 is 0 Å². The minimum absolute atomic E-state index is 0.0635. The molecule has 1 aromatic heterocycles. The number of hydrogen-bond donors (Lipinski definition) is 2. The van der Waals surface area contributed by atoms with Crippen molar-refractivity contribution < 1.29 is 4.79 Å². The van der Waals surface area contributed by atoms with E-state index in [1.165, 1.54) is 0 Å². The Bertz CT molecular complexity index is 497. The number of carbonyl (C=O) groups is 1. The van der Waals surface area contributed by atoms with Crippen LogP contribution in [0.1, 0.15) is 27.2 Å². The van der Waals surface area contributed by atoms with Crippen LogP contribution in [0.15, 0.2) is 30.7 Å². The number of nitrogens with zero attached hydrogens (tertiary/aromatic N) is 1. The number of rotatable bonds is 3. The highest BCUT2D eigenvalue weighted by atomic mass is 16.1. The molecule has 2 aromatic rings. The molecule has 0 fully saturated rings. The Morgan fingerprint density at radius 2 is 2.00 bits per heavy atom. The topological polar surface area (TPSA) is 57.8 Å². The molecule has 4 nitrogen and oxygen atoms in total. The Hall–Kier alpha value is -2.10. The van der Waals surface area contributed by atoms with Crippen molar-refractivity contribution >= 4 is 5.91 Å². The van der Waals surface area contributed by atoms with Crippen LogP contribution in [0.25, 0.3) is 0 Å². The summed E-state index contributed by atoms with van der Waals surface area (Å²) in [7, 11) is 0. The first-order valence-corrected chi connectivity index (χ1v) is 5.49. The summed E-state index contributed by atoms with van der Waals surface area (Å²) >= 11 is 0. The van der Waals surface area contributed by atoms with Crippen LogP contribution in [0.2, 0.25) is 0 Å². The second-order valence-corrected chi connectivity index (χ2v) is 4.14. The number of benzene rings is 1. The number of aromatic amines is 1. The van der Waals surface area contributed by atoms with Gasteiger partial charge in [0.05, 0.1) is 18.6 Å². The van der Waals surface area contributed by atoms with Gasteiger partial charge >= 0.3 is 0 Å². The van der Waals surface area contributed by atoms with E-state index in [0.29, 0.717) is 12.1 Å². The van der Waals surface area contributed by atoms with Gasteiger partial charge in [0.15, 0.2) is 0 Å². The molecule has 88 valence electrons. The SMILES string of the molecule is Cc1cc(C)cc(C(=O)NCc2cnc[nH]2)c1. The van der Waals surface area contributed by atoms with Gasteiger partial charge in [0, 0.05) is 11.8 Å². The van der Waals surface area contributed by atoms with Crippen molar-refractivity contribution in [3.8, 4) is 0 Å². The molecule has 0 radical (unpaired) electrons. The quantitative estimate of drug-likeness (QED) is 0.845. The van der Waals surface area contributed by atoms with Crippen LogP contribution in [-0.2, 0) is 6.54 Å². The van der Waals surface area contributed by atoms with Gasteiger partial charge in [-0.25, -0.2) is 4.98 Å². The first-order chi connectivity index (χ1) is 8.15. The lowest BCUT2D eigenvalue weighted by Crippen LogP contribution is -2.23. The highest BCUT2D eigenvalue weighted by Crippen LogP contribution is 2.08. The Kier molecular flexibility index (Phi) is 3.23. The fraction of sp³-hybridized carbons (Fsp3) is 0.231. The second kappa shape index (κ2) is 4.82. The highest BCUT2D eigenvalue weighted by Gasteiger charge is 2.06. The van der Waals surface area contributed by atoms with Gasteiger partial charge in [-0.2, -0.15) is 0 Å². The molecule has 2 N–H and O–H groups in total. The molecule has 1 aromatic carbocycles. The molecule has 1 heterocycles. The van der Waals surface area contributed by atoms with E-state index in [1.807, 2.05) is 32.0 Å². The Balaban J connectivity index is 2.04. The Morgan fingerprint density at radius 3 is 2.59 bits per heavy atom. The fourth-order valence-corrected chi connectivity index (χ4v) is 1.76. The molecule has 0 saturated heterocycles. The van der Waals surface area contributed by atoms with Crippen molar-refractivity contribution in [3.05, 3.63) is 53.1 Å². The molecule has 0 aliphatic rings. The molecule has 0 bridgehead atoms. The van der Waals surface area contributed by atoms with Gasteiger partial charge in [-0.15, -0.1) is 0 Å². The van der Waals surface area contributed by atoms with E-state index in [0.717, 1.165) is 16.8 Å². The van der Waals surface area contributed by atoms with Gasteiger partial charge in [-0.1, -0.05) is 17.2 Å². The Labute approximate surface area is 100 Å². The van der Waals surface area contributed by atoms with Gasteiger partial charge in [-0.05, 0) is 26.0 Å². The number of nitrogens with one attached hydrogen (secondary N) is 2. The van der Waals surface area contributed by atoms with E-state index in [2.05, 4.69) is 15.3 Å². The van der Waals surface area contributed by atoms with E-state index < -0.39 is 0 Å². The maximum absolute atomic E-state index is 11.9. The average molecular weight is 229 g/mol. The number of imidazole rings is 1. The molecule has 0 saturated carbocycles. The number of aryl methyl sites for hydroxylation is 2. The third kappa shape index (κ3) is 2.93. The summed E-state index contributed by atoms with van der Waals surface area (Å²) in [5, 5.41) is 2.85. The molecule has 0 atom stereocenters. The van der Waals surface area contributed by atoms with E-state index in [9.17, 15) is 4.79 Å². The summed E-state index contributed by atoms with van der Waals surface area (Å²) in [4.78, 5) is 18.7. The molecule has 0 aliphatic carbocycles. The monoisotopic (exact) mass is 229 g/mol. The summed E-state index contributed by atoms with van der Waals surface area (Å²) in [5.41, 5.74) is 3.78. The highest BCUT2D eigenvalue weighted by molar-refractivity contribution is 5.94. The first-order valence-electron chi connectivity index (χ1n) is 5.49. The molecule has 0 spiro atoms. The number of aromatic nitrogens is 2. The van der Waals surface area contributed by atoms with Crippen LogP contribution in [0.3, 0.4) is 0 Å². The average Bonchev–Trinajstić information content (AvgIpc) is 2.77. The zero-order valence-corrected chi connectivity index (χ0v) is 9.95. The van der Waals surface area contributed by atoms with Gasteiger partial charge in [-0.3, -0.25) is 4.79 Å².